The van der Waals surface area contributed by atoms with Crippen molar-refractivity contribution in [3.63, 3.8) is 0 Å². The third kappa shape index (κ3) is 5.96. The summed E-state index contributed by atoms with van der Waals surface area (Å²) in [7, 11) is -3.70. The highest BCUT2D eigenvalue weighted by atomic mass is 32.2. The van der Waals surface area contributed by atoms with Gasteiger partial charge in [-0.15, -0.1) is 0 Å². The van der Waals surface area contributed by atoms with Crippen molar-refractivity contribution in [3.05, 3.63) is 53.6 Å². The van der Waals surface area contributed by atoms with Crippen LogP contribution in [0.5, 0.6) is 11.5 Å². The Morgan fingerprint density at radius 3 is 2.47 bits per heavy atom. The second kappa shape index (κ2) is 9.95. The predicted octanol–water partition coefficient (Wildman–Crippen LogP) is 3.38. The van der Waals surface area contributed by atoms with Crippen LogP contribution in [0.2, 0.25) is 0 Å². The van der Waals surface area contributed by atoms with Crippen LogP contribution in [-0.2, 0) is 26.2 Å². The standard InChI is InChI=1S/C22H27NO6S/c1-16(2)18-7-5-17(6-8-18)15-29-22(24)4-3-11-23-30(25,26)19-9-10-20-21(14-19)28-13-12-27-20/h5-10,14,16,23H,3-4,11-13,15H2,1-2H3. The predicted molar refractivity (Wildman–Crippen MR) is 112 cm³/mol. The van der Waals surface area contributed by atoms with Gasteiger partial charge in [-0.25, -0.2) is 13.1 Å². The normalized spacial score (nSPS) is 13.3. The molecule has 0 radical (unpaired) electrons. The molecule has 0 saturated heterocycles. The molecule has 0 unspecified atom stereocenters. The smallest absolute Gasteiger partial charge is 0.306 e. The van der Waals surface area contributed by atoms with Crippen molar-refractivity contribution < 1.29 is 27.4 Å². The summed E-state index contributed by atoms with van der Waals surface area (Å²) in [5, 5.41) is 0. The number of rotatable bonds is 9. The molecule has 0 atom stereocenters. The molecule has 30 heavy (non-hydrogen) atoms. The van der Waals surface area contributed by atoms with Gasteiger partial charge in [0.2, 0.25) is 10.0 Å². The van der Waals surface area contributed by atoms with Gasteiger partial charge < -0.3 is 14.2 Å². The van der Waals surface area contributed by atoms with E-state index in [1.165, 1.54) is 17.7 Å². The summed E-state index contributed by atoms with van der Waals surface area (Å²) in [5.74, 6) is 1.03. The first kappa shape index (κ1) is 22.1. The third-order valence-electron chi connectivity index (χ3n) is 4.72. The van der Waals surface area contributed by atoms with E-state index < -0.39 is 10.0 Å². The Kier molecular flexibility index (Phi) is 7.33. The monoisotopic (exact) mass is 433 g/mol. The minimum atomic E-state index is -3.70. The average molecular weight is 434 g/mol. The largest absolute Gasteiger partial charge is 0.486 e. The van der Waals surface area contributed by atoms with Gasteiger partial charge in [-0.05, 0) is 35.6 Å². The van der Waals surface area contributed by atoms with Gasteiger partial charge in [-0.2, -0.15) is 0 Å². The molecule has 8 heteroatoms. The first-order valence-corrected chi connectivity index (χ1v) is 11.5. The minimum Gasteiger partial charge on any atom is -0.486 e. The van der Waals surface area contributed by atoms with E-state index in [1.807, 2.05) is 24.3 Å². The van der Waals surface area contributed by atoms with Crippen molar-refractivity contribution in [2.75, 3.05) is 19.8 Å². The number of benzene rings is 2. The van der Waals surface area contributed by atoms with E-state index in [0.717, 1.165) is 5.56 Å². The summed E-state index contributed by atoms with van der Waals surface area (Å²) in [6.45, 7) is 5.41. The molecule has 0 aromatic heterocycles. The van der Waals surface area contributed by atoms with E-state index in [-0.39, 0.29) is 30.4 Å². The molecule has 0 bridgehead atoms. The molecule has 0 spiro atoms. The zero-order chi connectivity index (χ0) is 21.6. The van der Waals surface area contributed by atoms with Crippen molar-refractivity contribution >= 4 is 16.0 Å². The number of nitrogens with one attached hydrogen (secondary N) is 1. The van der Waals surface area contributed by atoms with Crippen molar-refractivity contribution in [3.8, 4) is 11.5 Å². The number of ether oxygens (including phenoxy) is 3. The maximum absolute atomic E-state index is 12.4. The second-order valence-electron chi connectivity index (χ2n) is 7.36. The molecular formula is C22H27NO6S. The molecule has 2 aromatic carbocycles. The molecule has 1 aliphatic heterocycles. The van der Waals surface area contributed by atoms with Crippen LogP contribution in [0.4, 0.5) is 0 Å². The zero-order valence-electron chi connectivity index (χ0n) is 17.2. The molecule has 0 fully saturated rings. The van der Waals surface area contributed by atoms with Gasteiger partial charge in [0.1, 0.15) is 19.8 Å². The van der Waals surface area contributed by atoms with Gasteiger partial charge in [0.25, 0.3) is 0 Å². The van der Waals surface area contributed by atoms with Gasteiger partial charge in [0.15, 0.2) is 11.5 Å². The highest BCUT2D eigenvalue weighted by Crippen LogP contribution is 2.32. The fraction of sp³-hybridized carbons (Fsp3) is 0.409. The number of carbonyl (C=O) groups is 1. The number of carbonyl (C=O) groups excluding carboxylic acids is 1. The Labute approximate surface area is 177 Å². The summed E-state index contributed by atoms with van der Waals surface area (Å²) in [4.78, 5) is 12.0. The minimum absolute atomic E-state index is 0.0965. The number of fused-ring (bicyclic) bond motifs is 1. The van der Waals surface area contributed by atoms with E-state index in [1.54, 1.807) is 6.07 Å². The molecule has 0 aliphatic carbocycles. The second-order valence-corrected chi connectivity index (χ2v) is 9.13. The zero-order valence-corrected chi connectivity index (χ0v) is 18.0. The highest BCUT2D eigenvalue weighted by Gasteiger charge is 2.19. The van der Waals surface area contributed by atoms with Crippen molar-refractivity contribution in [1.29, 1.82) is 0 Å². The summed E-state index contributed by atoms with van der Waals surface area (Å²) < 4.78 is 43.4. The number of sulfonamides is 1. The number of esters is 1. The molecule has 0 amide bonds. The lowest BCUT2D eigenvalue weighted by Gasteiger charge is -2.18. The lowest BCUT2D eigenvalue weighted by molar-refractivity contribution is -0.145. The molecule has 162 valence electrons. The summed E-state index contributed by atoms with van der Waals surface area (Å²) in [6.07, 6.45) is 0.475. The molecule has 2 aromatic rings. The maximum Gasteiger partial charge on any atom is 0.306 e. The summed E-state index contributed by atoms with van der Waals surface area (Å²) in [5.41, 5.74) is 2.16. The number of hydrogen-bond acceptors (Lipinski definition) is 6. The number of hydrogen-bond donors (Lipinski definition) is 1. The molecule has 3 rings (SSSR count). The van der Waals surface area contributed by atoms with Gasteiger partial charge in [-0.3, -0.25) is 4.79 Å². The Bertz CT molecular complexity index is 970. The topological polar surface area (TPSA) is 90.9 Å². The molecular weight excluding hydrogens is 406 g/mol. The van der Waals surface area contributed by atoms with Gasteiger partial charge in [0, 0.05) is 19.0 Å². The van der Waals surface area contributed by atoms with Gasteiger partial charge >= 0.3 is 5.97 Å². The van der Waals surface area contributed by atoms with Crippen LogP contribution in [0.15, 0.2) is 47.4 Å². The molecule has 1 aliphatic rings. The Morgan fingerprint density at radius 2 is 1.77 bits per heavy atom. The Balaban J connectivity index is 1.41. The quantitative estimate of drug-likeness (QED) is 0.482. The maximum atomic E-state index is 12.4. The molecule has 1 N–H and O–H groups in total. The van der Waals surface area contributed by atoms with Crippen molar-refractivity contribution in [2.24, 2.45) is 0 Å². The van der Waals surface area contributed by atoms with Gasteiger partial charge in [-0.1, -0.05) is 38.1 Å². The van der Waals surface area contributed by atoms with E-state index in [2.05, 4.69) is 18.6 Å². The Morgan fingerprint density at radius 1 is 1.07 bits per heavy atom. The van der Waals surface area contributed by atoms with Crippen LogP contribution >= 0.6 is 0 Å². The van der Waals surface area contributed by atoms with Gasteiger partial charge in [0.05, 0.1) is 4.90 Å². The fourth-order valence-electron chi connectivity index (χ4n) is 2.95. The Hall–Kier alpha value is -2.58. The van der Waals surface area contributed by atoms with E-state index in [9.17, 15) is 13.2 Å². The van der Waals surface area contributed by atoms with Crippen LogP contribution in [0.25, 0.3) is 0 Å². The summed E-state index contributed by atoms with van der Waals surface area (Å²) >= 11 is 0. The third-order valence-corrected chi connectivity index (χ3v) is 6.18. The van der Waals surface area contributed by atoms with E-state index in [4.69, 9.17) is 14.2 Å². The van der Waals surface area contributed by atoms with E-state index in [0.29, 0.717) is 37.1 Å². The lowest BCUT2D eigenvalue weighted by Crippen LogP contribution is -2.25. The fourth-order valence-corrected chi connectivity index (χ4v) is 4.04. The highest BCUT2D eigenvalue weighted by molar-refractivity contribution is 7.89. The van der Waals surface area contributed by atoms with Crippen LogP contribution in [0.3, 0.4) is 0 Å². The van der Waals surface area contributed by atoms with E-state index >= 15 is 0 Å². The molecule has 0 saturated carbocycles. The van der Waals surface area contributed by atoms with Crippen LogP contribution < -0.4 is 14.2 Å². The first-order chi connectivity index (χ1) is 14.3. The average Bonchev–Trinajstić information content (AvgIpc) is 2.75. The first-order valence-electron chi connectivity index (χ1n) is 9.99. The van der Waals surface area contributed by atoms with Crippen LogP contribution in [0, 0.1) is 0 Å². The van der Waals surface area contributed by atoms with Crippen LogP contribution in [0.1, 0.15) is 43.7 Å². The summed E-state index contributed by atoms with van der Waals surface area (Å²) in [6, 6.07) is 12.4. The SMILES string of the molecule is CC(C)c1ccc(COC(=O)CCCNS(=O)(=O)c2ccc3c(c2)OCCO3)cc1. The lowest BCUT2D eigenvalue weighted by atomic mass is 10.0. The molecule has 1 heterocycles. The molecule has 7 nitrogen and oxygen atoms in total. The van der Waals surface area contributed by atoms with Crippen LogP contribution in [-0.4, -0.2) is 34.1 Å². The van der Waals surface area contributed by atoms with Crippen molar-refractivity contribution in [2.45, 2.75) is 44.1 Å². The van der Waals surface area contributed by atoms with Crippen molar-refractivity contribution in [1.82, 2.24) is 4.72 Å².